The number of allylic oxidation sites excluding steroid dienone is 4. The lowest BCUT2D eigenvalue weighted by atomic mass is 9.53. The average molecular weight is 966 g/mol. The first-order valence-corrected chi connectivity index (χ1v) is 26.3. The molecule has 11 heteroatoms. The van der Waals surface area contributed by atoms with Crippen LogP contribution in [0.1, 0.15) is 154 Å². The SMILES string of the molecule is CCCCCc1c(CO)cc(C2C#CC3CC(=O)Oc4c3cc(c(O)c4C3C=CC=CC3)CC3OC(=O)C(=CC(O)Cc4cccc(c4)CC4C(=O)CCC5C4CCC(CC)C35O)C2)cc1NCC(C)O. The van der Waals surface area contributed by atoms with Crippen molar-refractivity contribution in [1.82, 2.24) is 0 Å². The van der Waals surface area contributed by atoms with Crippen molar-refractivity contribution in [2.24, 2.45) is 23.7 Å². The van der Waals surface area contributed by atoms with Crippen molar-refractivity contribution >= 4 is 23.4 Å². The predicted molar refractivity (Wildman–Crippen MR) is 272 cm³/mol. The molecule has 2 fully saturated rings. The lowest BCUT2D eigenvalue weighted by Crippen LogP contribution is -2.63. The molecule has 0 radical (unpaired) electrons. The Balaban J connectivity index is 1.29. The molecular formula is C60H71NO10. The van der Waals surface area contributed by atoms with Crippen LogP contribution in [-0.2, 0) is 51.4 Å². The highest BCUT2D eigenvalue weighted by atomic mass is 16.6. The molecule has 3 heterocycles. The van der Waals surface area contributed by atoms with Crippen LogP contribution in [-0.4, -0.2) is 73.7 Å². The molecule has 3 aliphatic carbocycles. The van der Waals surface area contributed by atoms with Crippen molar-refractivity contribution in [3.8, 4) is 23.3 Å². The fraction of sp³-hybridized carbons (Fsp3) is 0.517. The van der Waals surface area contributed by atoms with Gasteiger partial charge in [0.1, 0.15) is 29.0 Å². The number of nitrogens with one attached hydrogen (secondary N) is 1. The number of phenols is 1. The van der Waals surface area contributed by atoms with Crippen molar-refractivity contribution < 1.29 is 49.4 Å². The summed E-state index contributed by atoms with van der Waals surface area (Å²) in [6.07, 6.45) is 13.5. The quantitative estimate of drug-likeness (QED) is 0.0467. The van der Waals surface area contributed by atoms with E-state index in [4.69, 9.17) is 9.47 Å². The van der Waals surface area contributed by atoms with E-state index in [0.717, 1.165) is 48.1 Å². The van der Waals surface area contributed by atoms with Crippen LogP contribution in [0.3, 0.4) is 0 Å². The van der Waals surface area contributed by atoms with Gasteiger partial charge in [-0.15, -0.1) is 0 Å². The van der Waals surface area contributed by atoms with Gasteiger partial charge in [0.05, 0.1) is 31.2 Å². The number of carbonyl (C=O) groups excluding carboxylic acids is 3. The monoisotopic (exact) mass is 966 g/mol. The Bertz CT molecular complexity index is 2670. The number of Topliss-reactive ketones (excluding diaryl/α,β-unsaturated/α-hetero) is 1. The normalized spacial score (nSPS) is 29.6. The minimum atomic E-state index is -1.63. The van der Waals surface area contributed by atoms with E-state index in [2.05, 4.69) is 24.1 Å². The number of ketones is 1. The Morgan fingerprint density at radius 3 is 2.48 bits per heavy atom. The molecule has 11 nitrogen and oxygen atoms in total. The summed E-state index contributed by atoms with van der Waals surface area (Å²) in [6.45, 7) is 5.86. The lowest BCUT2D eigenvalue weighted by molar-refractivity contribution is -0.212. The van der Waals surface area contributed by atoms with Gasteiger partial charge in [-0.3, -0.25) is 9.59 Å². The van der Waals surface area contributed by atoms with E-state index in [1.165, 1.54) is 0 Å². The number of phenolic OH excluding ortho intramolecular Hbond substituents is 1. The molecule has 0 amide bonds. The third-order valence-electron chi connectivity index (χ3n) is 16.6. The van der Waals surface area contributed by atoms with Gasteiger partial charge in [0, 0.05) is 65.9 Å². The van der Waals surface area contributed by atoms with E-state index in [1.807, 2.05) is 73.7 Å². The van der Waals surface area contributed by atoms with E-state index >= 15 is 4.79 Å². The van der Waals surface area contributed by atoms with E-state index < -0.39 is 53.6 Å². The summed E-state index contributed by atoms with van der Waals surface area (Å²) in [5, 5.41) is 63.4. The van der Waals surface area contributed by atoms with E-state index in [1.54, 1.807) is 13.0 Å². The molecule has 0 aromatic heterocycles. The fourth-order valence-corrected chi connectivity index (χ4v) is 13.0. The van der Waals surface area contributed by atoms with Gasteiger partial charge in [0.25, 0.3) is 0 Å². The first-order valence-electron chi connectivity index (χ1n) is 26.3. The highest BCUT2D eigenvalue weighted by molar-refractivity contribution is 5.89. The summed E-state index contributed by atoms with van der Waals surface area (Å²) in [4.78, 5) is 43.4. The molecule has 3 aromatic rings. The van der Waals surface area contributed by atoms with Gasteiger partial charge in [0.15, 0.2) is 0 Å². The second-order valence-electron chi connectivity index (χ2n) is 21.2. The third kappa shape index (κ3) is 10.4. The molecule has 9 rings (SSSR count). The van der Waals surface area contributed by atoms with E-state index in [9.17, 15) is 35.1 Å². The molecule has 2 saturated carbocycles. The molecular weight excluding hydrogens is 895 g/mol. The van der Waals surface area contributed by atoms with Crippen LogP contribution in [0.2, 0.25) is 0 Å². The molecule has 376 valence electrons. The Morgan fingerprint density at radius 1 is 0.930 bits per heavy atom. The number of hydrogen-bond donors (Lipinski definition) is 6. The number of aliphatic hydroxyl groups excluding tert-OH is 3. The zero-order valence-electron chi connectivity index (χ0n) is 41.5. The predicted octanol–water partition coefficient (Wildman–Crippen LogP) is 8.90. The number of fused-ring (bicyclic) bond motifs is 7. The Morgan fingerprint density at radius 2 is 1.73 bits per heavy atom. The summed E-state index contributed by atoms with van der Waals surface area (Å²) in [6, 6.07) is 13.6. The smallest absolute Gasteiger partial charge is 0.334 e. The van der Waals surface area contributed by atoms with Gasteiger partial charge in [-0.25, -0.2) is 4.79 Å². The number of anilines is 1. The number of esters is 2. The Hall–Kier alpha value is -5.51. The number of rotatable bonds is 11. The van der Waals surface area contributed by atoms with Gasteiger partial charge >= 0.3 is 11.9 Å². The summed E-state index contributed by atoms with van der Waals surface area (Å²) >= 11 is 0. The molecule has 6 N–H and O–H groups in total. The van der Waals surface area contributed by atoms with E-state index in [-0.39, 0.29) is 91.8 Å². The highest BCUT2D eigenvalue weighted by Gasteiger charge is 2.59. The topological polar surface area (TPSA) is 183 Å². The molecule has 6 aliphatic rings. The first kappa shape index (κ1) is 50.4. The maximum absolute atomic E-state index is 15.5. The summed E-state index contributed by atoms with van der Waals surface area (Å²) in [5.74, 6) is 2.94. The van der Waals surface area contributed by atoms with Gasteiger partial charge in [0.2, 0.25) is 0 Å². The second-order valence-corrected chi connectivity index (χ2v) is 21.2. The van der Waals surface area contributed by atoms with Crippen LogP contribution in [0.5, 0.6) is 11.5 Å². The lowest BCUT2D eigenvalue weighted by Gasteiger charge is -2.56. The maximum atomic E-state index is 15.5. The fourth-order valence-electron chi connectivity index (χ4n) is 13.0. The average Bonchev–Trinajstić information content (AvgIpc) is 3.36. The van der Waals surface area contributed by atoms with Crippen LogP contribution in [0.4, 0.5) is 5.69 Å². The molecule has 3 aliphatic heterocycles. The van der Waals surface area contributed by atoms with Crippen LogP contribution < -0.4 is 10.1 Å². The minimum Gasteiger partial charge on any atom is -0.507 e. The maximum Gasteiger partial charge on any atom is 0.334 e. The van der Waals surface area contributed by atoms with Crippen molar-refractivity contribution in [2.75, 3.05) is 11.9 Å². The number of benzene rings is 3. The standard InChI is InChI=1S/C60H71NO10/c1-4-6-8-16-47-44(34-62)27-41(30-52(47)61-33-35(3)63)39-17-18-40-32-55(66)71-58-49(40)29-42(57(67)56(58)38-14-9-7-10-15-38)31-54-60(69)45(5-2)19-20-48-50(53(65)22-21-51(48)60)25-37-13-11-12-36(23-37)24-46(64)28-43(26-39)59(68)70-54/h7,9-14,23,27-30,35,38-40,45-46,48,50-51,54,61-64,67,69H,4-6,8,15-16,19-22,24-26,31-34H2,1-3H3. The Kier molecular flexibility index (Phi) is 15.4. The van der Waals surface area contributed by atoms with Crippen LogP contribution in [0.15, 0.2) is 78.4 Å². The van der Waals surface area contributed by atoms with Crippen LogP contribution in [0.25, 0.3) is 0 Å². The molecule has 11 unspecified atom stereocenters. The largest absolute Gasteiger partial charge is 0.507 e. The summed E-state index contributed by atoms with van der Waals surface area (Å²) in [5.41, 5.74) is 4.83. The van der Waals surface area contributed by atoms with Gasteiger partial charge in [-0.05, 0) is 128 Å². The number of carbonyl (C=O) groups is 3. The van der Waals surface area contributed by atoms with Crippen LogP contribution >= 0.6 is 0 Å². The molecule has 0 saturated heterocycles. The van der Waals surface area contributed by atoms with Crippen molar-refractivity contribution in [1.29, 1.82) is 0 Å². The number of aliphatic hydroxyl groups is 4. The molecule has 3 aromatic carbocycles. The van der Waals surface area contributed by atoms with Gasteiger partial charge in [-0.2, -0.15) is 0 Å². The van der Waals surface area contributed by atoms with E-state index in [0.29, 0.717) is 66.3 Å². The van der Waals surface area contributed by atoms with Crippen molar-refractivity contribution in [3.05, 3.63) is 123 Å². The molecule has 71 heavy (non-hydrogen) atoms. The summed E-state index contributed by atoms with van der Waals surface area (Å²) < 4.78 is 13.0. The second kappa shape index (κ2) is 21.7. The van der Waals surface area contributed by atoms with Crippen molar-refractivity contribution in [2.45, 2.75) is 165 Å². The zero-order valence-corrected chi connectivity index (χ0v) is 41.5. The number of aromatic hydroxyl groups is 1. The molecule has 10 bridgehead atoms. The highest BCUT2D eigenvalue weighted by Crippen LogP contribution is 2.55. The first-order chi connectivity index (χ1) is 34.3. The third-order valence-corrected chi connectivity index (χ3v) is 16.6. The minimum absolute atomic E-state index is 0.0406. The Labute approximate surface area is 418 Å². The van der Waals surface area contributed by atoms with Crippen molar-refractivity contribution in [3.63, 3.8) is 0 Å². The van der Waals surface area contributed by atoms with Crippen LogP contribution in [0, 0.1) is 35.5 Å². The number of hydrogen-bond acceptors (Lipinski definition) is 11. The number of ether oxygens (including phenoxy) is 2. The molecule has 0 spiro atoms. The summed E-state index contributed by atoms with van der Waals surface area (Å²) in [7, 11) is 0. The molecule has 11 atom stereocenters. The van der Waals surface area contributed by atoms with Gasteiger partial charge < -0.3 is 40.3 Å². The van der Waals surface area contributed by atoms with Gasteiger partial charge in [-0.1, -0.05) is 99.6 Å². The number of unbranched alkanes of at least 4 members (excludes halogenated alkanes) is 2. The zero-order chi connectivity index (χ0) is 50.0.